The van der Waals surface area contributed by atoms with Crippen LogP contribution < -0.4 is 0 Å². The minimum Gasteiger partial charge on any atom is -0.328 e. The maximum atomic E-state index is 6.43. The molecule has 4 rings (SSSR count). The van der Waals surface area contributed by atoms with Crippen LogP contribution in [-0.4, -0.2) is 19.5 Å². The minimum atomic E-state index is 0.435. The van der Waals surface area contributed by atoms with Gasteiger partial charge < -0.3 is 4.57 Å². The molecule has 0 radical (unpaired) electrons. The van der Waals surface area contributed by atoms with Gasteiger partial charge >= 0.3 is 0 Å². The van der Waals surface area contributed by atoms with E-state index in [1.165, 1.54) is 0 Å². The molecule has 0 aliphatic carbocycles. The third kappa shape index (κ3) is 1.95. The monoisotopic (exact) mass is 328 g/mol. The number of benzene rings is 1. The van der Waals surface area contributed by atoms with Crippen molar-refractivity contribution < 1.29 is 0 Å². The topological polar surface area (TPSA) is 43.6 Å². The zero-order chi connectivity index (χ0) is 15.3. The summed E-state index contributed by atoms with van der Waals surface area (Å²) in [6.45, 7) is 0. The summed E-state index contributed by atoms with van der Waals surface area (Å²) >= 11 is 12.5. The first-order valence-corrected chi connectivity index (χ1v) is 7.42. The molecule has 22 heavy (non-hydrogen) atoms. The SMILES string of the molecule is Cn1c2cc(Cl)ccc2c2c(Cl)nc(-c3ccncc3)nc21. The second-order valence-corrected chi connectivity index (χ2v) is 5.79. The molecule has 6 heteroatoms. The molecule has 108 valence electrons. The van der Waals surface area contributed by atoms with E-state index >= 15 is 0 Å². The second kappa shape index (κ2) is 4.93. The molecule has 4 aromatic rings. The number of nitrogens with zero attached hydrogens (tertiary/aromatic N) is 4. The lowest BCUT2D eigenvalue weighted by molar-refractivity contribution is 0.984. The molecule has 0 aliphatic rings. The summed E-state index contributed by atoms with van der Waals surface area (Å²) in [5.41, 5.74) is 2.64. The first kappa shape index (κ1) is 13.5. The zero-order valence-corrected chi connectivity index (χ0v) is 13.1. The molecule has 0 atom stereocenters. The van der Waals surface area contributed by atoms with Gasteiger partial charge in [0.15, 0.2) is 5.82 Å². The molecule has 0 saturated heterocycles. The molecule has 0 fully saturated rings. The Bertz CT molecular complexity index is 1010. The molecule has 3 heterocycles. The van der Waals surface area contributed by atoms with Gasteiger partial charge in [-0.3, -0.25) is 4.98 Å². The minimum absolute atomic E-state index is 0.435. The summed E-state index contributed by atoms with van der Waals surface area (Å²) in [5.74, 6) is 0.580. The van der Waals surface area contributed by atoms with Gasteiger partial charge in [-0.05, 0) is 24.3 Å². The van der Waals surface area contributed by atoms with Gasteiger partial charge in [0.2, 0.25) is 0 Å². The van der Waals surface area contributed by atoms with Crippen LogP contribution in [0.25, 0.3) is 33.3 Å². The van der Waals surface area contributed by atoms with Gasteiger partial charge in [-0.1, -0.05) is 29.3 Å². The van der Waals surface area contributed by atoms with Crippen molar-refractivity contribution in [1.29, 1.82) is 0 Å². The van der Waals surface area contributed by atoms with Gasteiger partial charge in [0, 0.05) is 35.4 Å². The molecular weight excluding hydrogens is 319 g/mol. The highest BCUT2D eigenvalue weighted by Crippen LogP contribution is 2.34. The van der Waals surface area contributed by atoms with E-state index < -0.39 is 0 Å². The van der Waals surface area contributed by atoms with Crippen molar-refractivity contribution in [3.63, 3.8) is 0 Å². The summed E-state index contributed by atoms with van der Waals surface area (Å²) in [5, 5.41) is 2.95. The van der Waals surface area contributed by atoms with Crippen molar-refractivity contribution in [3.8, 4) is 11.4 Å². The molecule has 0 unspecified atom stereocenters. The molecule has 0 bridgehead atoms. The largest absolute Gasteiger partial charge is 0.328 e. The van der Waals surface area contributed by atoms with Crippen LogP contribution >= 0.6 is 23.2 Å². The van der Waals surface area contributed by atoms with Crippen LogP contribution in [0.5, 0.6) is 0 Å². The molecule has 3 aromatic heterocycles. The van der Waals surface area contributed by atoms with Crippen molar-refractivity contribution >= 4 is 45.1 Å². The number of fused-ring (bicyclic) bond motifs is 3. The molecule has 0 saturated carbocycles. The van der Waals surface area contributed by atoms with Gasteiger partial charge in [-0.2, -0.15) is 0 Å². The Morgan fingerprint density at radius 1 is 1.00 bits per heavy atom. The number of hydrogen-bond donors (Lipinski definition) is 0. The Kier molecular flexibility index (Phi) is 3.03. The molecule has 4 nitrogen and oxygen atoms in total. The molecule has 1 aromatic carbocycles. The lowest BCUT2D eigenvalue weighted by Gasteiger charge is -2.03. The quantitative estimate of drug-likeness (QED) is 0.483. The summed E-state index contributed by atoms with van der Waals surface area (Å²) in [6, 6.07) is 9.41. The summed E-state index contributed by atoms with van der Waals surface area (Å²) in [7, 11) is 1.95. The fourth-order valence-corrected chi connectivity index (χ4v) is 3.07. The maximum Gasteiger partial charge on any atom is 0.163 e. The highest BCUT2D eigenvalue weighted by molar-refractivity contribution is 6.37. The highest BCUT2D eigenvalue weighted by atomic mass is 35.5. The summed E-state index contributed by atoms with van der Waals surface area (Å²) < 4.78 is 1.98. The van der Waals surface area contributed by atoms with Crippen LogP contribution in [0, 0.1) is 0 Å². The number of hydrogen-bond acceptors (Lipinski definition) is 3. The van der Waals surface area contributed by atoms with Gasteiger partial charge in [-0.25, -0.2) is 9.97 Å². The Balaban J connectivity index is 2.10. The van der Waals surface area contributed by atoms with Crippen molar-refractivity contribution in [2.75, 3.05) is 0 Å². The van der Waals surface area contributed by atoms with E-state index in [0.717, 1.165) is 27.5 Å². The average molecular weight is 329 g/mol. The van der Waals surface area contributed by atoms with E-state index in [2.05, 4.69) is 15.0 Å². The summed E-state index contributed by atoms with van der Waals surface area (Å²) in [6.07, 6.45) is 3.41. The Morgan fingerprint density at radius 3 is 2.55 bits per heavy atom. The molecule has 0 aliphatic heterocycles. The first-order valence-electron chi connectivity index (χ1n) is 6.67. The lowest BCUT2D eigenvalue weighted by atomic mass is 10.2. The fraction of sp³-hybridized carbons (Fsp3) is 0.0625. The third-order valence-corrected chi connectivity index (χ3v) is 4.20. The standard InChI is InChI=1S/C16H10Cl2N4/c1-22-12-8-10(17)2-3-11(12)13-14(18)20-15(21-16(13)22)9-4-6-19-7-5-9/h2-8H,1H3. The predicted octanol–water partition coefficient (Wildman–Crippen LogP) is 4.49. The van der Waals surface area contributed by atoms with E-state index in [1.54, 1.807) is 12.4 Å². The van der Waals surface area contributed by atoms with Crippen LogP contribution in [0.3, 0.4) is 0 Å². The molecule has 0 spiro atoms. The Hall–Kier alpha value is -2.17. The van der Waals surface area contributed by atoms with Crippen LogP contribution in [0.4, 0.5) is 0 Å². The zero-order valence-electron chi connectivity index (χ0n) is 11.6. The maximum absolute atomic E-state index is 6.43. The number of rotatable bonds is 1. The van der Waals surface area contributed by atoms with Gasteiger partial charge in [0.05, 0.1) is 10.9 Å². The predicted molar refractivity (Wildman–Crippen MR) is 89.3 cm³/mol. The normalized spacial score (nSPS) is 11.4. The average Bonchev–Trinajstić information content (AvgIpc) is 2.81. The van der Waals surface area contributed by atoms with Crippen LogP contribution in [-0.2, 0) is 7.05 Å². The molecule has 0 N–H and O–H groups in total. The van der Waals surface area contributed by atoms with E-state index in [-0.39, 0.29) is 0 Å². The number of aryl methyl sites for hydroxylation is 1. The highest BCUT2D eigenvalue weighted by Gasteiger charge is 2.16. The summed E-state index contributed by atoms with van der Waals surface area (Å²) in [4.78, 5) is 13.1. The van der Waals surface area contributed by atoms with Crippen LogP contribution in [0.1, 0.15) is 0 Å². The molecular formula is C16H10Cl2N4. The van der Waals surface area contributed by atoms with Crippen LogP contribution in [0.15, 0.2) is 42.7 Å². The van der Waals surface area contributed by atoms with Gasteiger partial charge in [-0.15, -0.1) is 0 Å². The van der Waals surface area contributed by atoms with Crippen LogP contribution in [0.2, 0.25) is 10.2 Å². The van der Waals surface area contributed by atoms with Gasteiger partial charge in [0.1, 0.15) is 10.8 Å². The van der Waals surface area contributed by atoms with E-state index in [1.807, 2.05) is 41.9 Å². The third-order valence-electron chi connectivity index (χ3n) is 3.69. The van der Waals surface area contributed by atoms with Crippen molar-refractivity contribution in [1.82, 2.24) is 19.5 Å². The Labute approximate surface area is 136 Å². The Morgan fingerprint density at radius 2 is 1.77 bits per heavy atom. The van der Waals surface area contributed by atoms with E-state index in [4.69, 9.17) is 23.2 Å². The second-order valence-electron chi connectivity index (χ2n) is 4.99. The van der Waals surface area contributed by atoms with E-state index in [0.29, 0.717) is 16.0 Å². The number of aromatic nitrogens is 4. The van der Waals surface area contributed by atoms with Crippen molar-refractivity contribution in [2.24, 2.45) is 7.05 Å². The molecule has 0 amide bonds. The number of pyridine rings is 1. The fourth-order valence-electron chi connectivity index (χ4n) is 2.63. The van der Waals surface area contributed by atoms with Crippen molar-refractivity contribution in [2.45, 2.75) is 0 Å². The number of halogens is 2. The van der Waals surface area contributed by atoms with Crippen molar-refractivity contribution in [3.05, 3.63) is 52.9 Å². The lowest BCUT2D eigenvalue weighted by Crippen LogP contribution is -1.95. The first-order chi connectivity index (χ1) is 10.6. The smallest absolute Gasteiger partial charge is 0.163 e. The van der Waals surface area contributed by atoms with Gasteiger partial charge in [0.25, 0.3) is 0 Å². The van der Waals surface area contributed by atoms with E-state index in [9.17, 15) is 0 Å².